The van der Waals surface area contributed by atoms with Crippen LogP contribution in [0.3, 0.4) is 0 Å². The van der Waals surface area contributed by atoms with Crippen molar-refractivity contribution in [3.8, 4) is 5.75 Å². The molecule has 2 aliphatic rings. The first-order valence-electron chi connectivity index (χ1n) is 10.5. The van der Waals surface area contributed by atoms with Crippen LogP contribution in [0.25, 0.3) is 0 Å². The number of aromatic nitrogens is 1. The molecule has 7 heteroatoms. The number of thiol groups is 1. The molecule has 0 saturated heterocycles. The third kappa shape index (κ3) is 3.12. The standard InChI is InChI=1S/C25H23N3O3S/c29-21-14-16-27-22(23(21)30)24(31)26-15-8-2-3-9-18-10-6-7-13-20(18)25(32,28(27)17-26)19-11-4-1-5-12-19/h1-2,4-8,10-14,16,30,32H,3,9,15,17H2/b8-2-/t25-/m0/s1. The second-order valence-corrected chi connectivity index (χ2v) is 8.64. The molecule has 0 aliphatic carbocycles. The van der Waals surface area contributed by atoms with E-state index < -0.39 is 22.0 Å². The molecule has 32 heavy (non-hydrogen) atoms. The highest BCUT2D eigenvalue weighted by Crippen LogP contribution is 2.42. The Morgan fingerprint density at radius 3 is 2.50 bits per heavy atom. The molecule has 2 aromatic carbocycles. The van der Waals surface area contributed by atoms with E-state index in [9.17, 15) is 14.7 Å². The van der Waals surface area contributed by atoms with Gasteiger partial charge in [-0.1, -0.05) is 66.7 Å². The van der Waals surface area contributed by atoms with Crippen molar-refractivity contribution >= 4 is 18.5 Å². The molecule has 5 rings (SSSR count). The Morgan fingerprint density at radius 1 is 0.938 bits per heavy atom. The molecule has 1 N–H and O–H groups in total. The fourth-order valence-electron chi connectivity index (χ4n) is 4.51. The number of hydrogen-bond acceptors (Lipinski definition) is 5. The first kappa shape index (κ1) is 20.5. The smallest absolute Gasteiger partial charge is 0.278 e. The maximum absolute atomic E-state index is 13.3. The minimum Gasteiger partial charge on any atom is -0.502 e. The molecule has 0 saturated carbocycles. The van der Waals surface area contributed by atoms with E-state index in [1.165, 1.54) is 6.07 Å². The summed E-state index contributed by atoms with van der Waals surface area (Å²) < 4.78 is 1.58. The topological polar surface area (TPSA) is 65.8 Å². The van der Waals surface area contributed by atoms with Crippen molar-refractivity contribution in [1.29, 1.82) is 0 Å². The Labute approximate surface area is 191 Å². The van der Waals surface area contributed by atoms with Crippen LogP contribution in [-0.4, -0.2) is 33.8 Å². The maximum atomic E-state index is 13.3. The minimum atomic E-state index is -0.975. The van der Waals surface area contributed by atoms with Crippen LogP contribution in [0.15, 0.2) is 83.8 Å². The summed E-state index contributed by atoms with van der Waals surface area (Å²) in [6.07, 6.45) is 7.22. The Hall–Kier alpha value is -3.45. The van der Waals surface area contributed by atoms with Crippen molar-refractivity contribution in [2.45, 2.75) is 17.7 Å². The van der Waals surface area contributed by atoms with Crippen molar-refractivity contribution in [3.63, 3.8) is 0 Å². The zero-order chi connectivity index (χ0) is 22.3. The van der Waals surface area contributed by atoms with Gasteiger partial charge in [0.15, 0.2) is 16.3 Å². The summed E-state index contributed by atoms with van der Waals surface area (Å²) in [4.78, 5) is 26.1. The van der Waals surface area contributed by atoms with Gasteiger partial charge in [-0.25, -0.2) is 0 Å². The number of amides is 1. The number of carbonyl (C=O) groups is 1. The molecular formula is C25H23N3O3S. The van der Waals surface area contributed by atoms with E-state index >= 15 is 0 Å². The van der Waals surface area contributed by atoms with Crippen LogP contribution in [0.5, 0.6) is 5.75 Å². The van der Waals surface area contributed by atoms with Gasteiger partial charge >= 0.3 is 0 Å². The van der Waals surface area contributed by atoms with Gasteiger partial charge in [-0.05, 0) is 29.5 Å². The van der Waals surface area contributed by atoms with Crippen LogP contribution in [0, 0.1) is 0 Å². The average molecular weight is 446 g/mol. The van der Waals surface area contributed by atoms with Crippen LogP contribution in [-0.2, 0) is 11.3 Å². The van der Waals surface area contributed by atoms with Crippen molar-refractivity contribution in [1.82, 2.24) is 9.58 Å². The molecule has 6 nitrogen and oxygen atoms in total. The van der Waals surface area contributed by atoms with Gasteiger partial charge < -0.3 is 10.0 Å². The number of aromatic hydroxyl groups is 1. The van der Waals surface area contributed by atoms with E-state index in [0.29, 0.717) is 6.54 Å². The highest BCUT2D eigenvalue weighted by molar-refractivity contribution is 7.81. The monoisotopic (exact) mass is 445 g/mol. The fraction of sp³-hybridized carbons (Fsp3) is 0.200. The lowest BCUT2D eigenvalue weighted by Crippen LogP contribution is -2.61. The molecule has 1 amide bonds. The van der Waals surface area contributed by atoms with Gasteiger partial charge in [0.1, 0.15) is 6.67 Å². The Bertz CT molecular complexity index is 1270. The average Bonchev–Trinajstić information content (AvgIpc) is 2.84. The summed E-state index contributed by atoms with van der Waals surface area (Å²) in [7, 11) is 0. The molecule has 1 aromatic heterocycles. The number of nitrogens with zero attached hydrogens (tertiary/aromatic N) is 3. The van der Waals surface area contributed by atoms with E-state index in [-0.39, 0.29) is 12.4 Å². The van der Waals surface area contributed by atoms with Crippen LogP contribution in [0.4, 0.5) is 0 Å². The quantitative estimate of drug-likeness (QED) is 0.446. The maximum Gasteiger partial charge on any atom is 0.278 e. The van der Waals surface area contributed by atoms with Gasteiger partial charge in [-0.15, -0.1) is 12.6 Å². The summed E-state index contributed by atoms with van der Waals surface area (Å²) in [5.74, 6) is -0.944. The van der Waals surface area contributed by atoms with Gasteiger partial charge in [0.25, 0.3) is 5.91 Å². The lowest BCUT2D eigenvalue weighted by atomic mass is 9.91. The number of rotatable bonds is 1. The third-order valence-corrected chi connectivity index (χ3v) is 6.85. The summed E-state index contributed by atoms with van der Waals surface area (Å²) in [6.45, 7) is 0.595. The molecule has 0 fully saturated rings. The second kappa shape index (κ2) is 7.91. The predicted molar refractivity (Wildman–Crippen MR) is 127 cm³/mol. The van der Waals surface area contributed by atoms with Gasteiger partial charge in [0.2, 0.25) is 5.43 Å². The van der Waals surface area contributed by atoms with Crippen LogP contribution in [0.1, 0.15) is 33.6 Å². The number of benzene rings is 2. The van der Waals surface area contributed by atoms with Crippen molar-refractivity contribution in [2.75, 3.05) is 18.2 Å². The molecule has 0 spiro atoms. The largest absolute Gasteiger partial charge is 0.502 e. The number of carbonyl (C=O) groups excluding carboxylic acids is 1. The number of hydrogen-bond donors (Lipinski definition) is 2. The van der Waals surface area contributed by atoms with E-state index in [4.69, 9.17) is 12.6 Å². The van der Waals surface area contributed by atoms with Crippen LogP contribution in [0.2, 0.25) is 0 Å². The molecule has 2 bridgehead atoms. The molecular weight excluding hydrogens is 422 g/mol. The lowest BCUT2D eigenvalue weighted by Gasteiger charge is -2.49. The lowest BCUT2D eigenvalue weighted by molar-refractivity contribution is 0.0697. The molecule has 0 radical (unpaired) electrons. The number of pyridine rings is 1. The SMILES string of the molecule is O=C1c2c(O)c(=O)ccn2N2CN1C/C=C\CCc1ccccc1[C@@]2(S)c1ccccc1. The highest BCUT2D eigenvalue weighted by atomic mass is 32.1. The van der Waals surface area contributed by atoms with Crippen LogP contribution < -0.4 is 10.4 Å². The predicted octanol–water partition coefficient (Wildman–Crippen LogP) is 3.24. The number of aryl methyl sites for hydroxylation is 1. The molecule has 3 aromatic rings. The van der Waals surface area contributed by atoms with E-state index in [0.717, 1.165) is 29.5 Å². The second-order valence-electron chi connectivity index (χ2n) is 8.00. The Kier molecular flexibility index (Phi) is 5.06. The first-order chi connectivity index (χ1) is 15.5. The molecule has 162 valence electrons. The summed E-state index contributed by atoms with van der Waals surface area (Å²) in [5.41, 5.74) is 2.41. The Morgan fingerprint density at radius 2 is 1.69 bits per heavy atom. The van der Waals surface area contributed by atoms with E-state index in [1.807, 2.05) is 53.5 Å². The van der Waals surface area contributed by atoms with Crippen LogP contribution >= 0.6 is 12.6 Å². The van der Waals surface area contributed by atoms with E-state index in [2.05, 4.69) is 18.2 Å². The summed E-state index contributed by atoms with van der Waals surface area (Å²) >= 11 is 5.30. The zero-order valence-corrected chi connectivity index (χ0v) is 18.3. The molecule has 0 unspecified atom stereocenters. The fourth-order valence-corrected chi connectivity index (χ4v) is 5.04. The van der Waals surface area contributed by atoms with Crippen molar-refractivity contribution in [3.05, 3.63) is 112 Å². The Balaban J connectivity index is 1.85. The number of fused-ring (bicyclic) bond motifs is 5. The zero-order valence-electron chi connectivity index (χ0n) is 17.4. The molecule has 2 aliphatic heterocycles. The highest BCUT2D eigenvalue weighted by Gasteiger charge is 2.44. The van der Waals surface area contributed by atoms with Gasteiger partial charge in [-0.3, -0.25) is 19.3 Å². The normalized spacial score (nSPS) is 21.3. The van der Waals surface area contributed by atoms with E-state index in [1.54, 1.807) is 15.8 Å². The van der Waals surface area contributed by atoms with Gasteiger partial charge in [-0.2, -0.15) is 0 Å². The van der Waals surface area contributed by atoms with Gasteiger partial charge in [0, 0.05) is 18.8 Å². The molecule has 1 atom stereocenters. The number of allylic oxidation sites excluding steroid dienone is 1. The summed E-state index contributed by atoms with van der Waals surface area (Å²) in [6, 6.07) is 19.3. The summed E-state index contributed by atoms with van der Waals surface area (Å²) in [5, 5.41) is 12.5. The first-order valence-corrected chi connectivity index (χ1v) is 11.0. The van der Waals surface area contributed by atoms with Crippen molar-refractivity contribution in [2.24, 2.45) is 0 Å². The van der Waals surface area contributed by atoms with Gasteiger partial charge in [0.05, 0.1) is 0 Å². The molecule has 3 heterocycles. The van der Waals surface area contributed by atoms with Crippen molar-refractivity contribution < 1.29 is 9.90 Å². The minimum absolute atomic E-state index is 0.0526. The third-order valence-electron chi connectivity index (χ3n) is 6.12.